The van der Waals surface area contributed by atoms with Gasteiger partial charge in [0.1, 0.15) is 6.61 Å². The van der Waals surface area contributed by atoms with Crippen LogP contribution in [-0.4, -0.2) is 57.8 Å². The largest absolute Gasteiger partial charge is 0.372 e. The summed E-state index contributed by atoms with van der Waals surface area (Å²) in [6.45, 7) is 4.27. The zero-order chi connectivity index (χ0) is 17.6. The second kappa shape index (κ2) is 8.68. The lowest BCUT2D eigenvalue weighted by Crippen LogP contribution is -2.37. The van der Waals surface area contributed by atoms with Gasteiger partial charge >= 0.3 is 0 Å². The average Bonchev–Trinajstić information content (AvgIpc) is 3.40. The van der Waals surface area contributed by atoms with Gasteiger partial charge in [0.05, 0.1) is 6.61 Å². The SMILES string of the molecule is CN(C)CC1CCN(c2ccc(NC(=O)COCC3CC3)cc2)CC1. The lowest BCUT2D eigenvalue weighted by Gasteiger charge is -2.34. The molecule has 1 N–H and O–H groups in total. The Kier molecular flexibility index (Phi) is 6.32. The molecule has 25 heavy (non-hydrogen) atoms. The van der Waals surface area contributed by atoms with Crippen LogP contribution in [0, 0.1) is 11.8 Å². The van der Waals surface area contributed by atoms with Crippen molar-refractivity contribution < 1.29 is 9.53 Å². The molecule has 1 saturated carbocycles. The van der Waals surface area contributed by atoms with Crippen LogP contribution in [0.2, 0.25) is 0 Å². The maximum atomic E-state index is 11.9. The smallest absolute Gasteiger partial charge is 0.250 e. The van der Waals surface area contributed by atoms with Crippen LogP contribution in [-0.2, 0) is 9.53 Å². The van der Waals surface area contributed by atoms with E-state index in [4.69, 9.17) is 4.74 Å². The van der Waals surface area contributed by atoms with Crippen LogP contribution >= 0.6 is 0 Å². The molecule has 0 radical (unpaired) electrons. The summed E-state index contributed by atoms with van der Waals surface area (Å²) < 4.78 is 5.42. The number of amides is 1. The van der Waals surface area contributed by atoms with Crippen molar-refractivity contribution in [2.75, 3.05) is 57.2 Å². The Labute approximate surface area is 151 Å². The molecule has 5 heteroatoms. The number of piperidine rings is 1. The molecule has 0 unspecified atom stereocenters. The predicted octanol–water partition coefficient (Wildman–Crippen LogP) is 2.83. The first-order chi connectivity index (χ1) is 12.1. The third kappa shape index (κ3) is 6.01. The van der Waals surface area contributed by atoms with Gasteiger partial charge < -0.3 is 19.9 Å². The predicted molar refractivity (Wildman–Crippen MR) is 102 cm³/mol. The Morgan fingerprint density at radius 2 is 1.80 bits per heavy atom. The highest BCUT2D eigenvalue weighted by Gasteiger charge is 2.22. The number of ether oxygens (including phenoxy) is 1. The Balaban J connectivity index is 1.41. The zero-order valence-electron chi connectivity index (χ0n) is 15.5. The Hall–Kier alpha value is -1.59. The van der Waals surface area contributed by atoms with Crippen molar-refractivity contribution in [2.24, 2.45) is 11.8 Å². The van der Waals surface area contributed by atoms with Gasteiger partial charge in [0.25, 0.3) is 0 Å². The minimum absolute atomic E-state index is 0.0714. The van der Waals surface area contributed by atoms with Crippen molar-refractivity contribution in [3.63, 3.8) is 0 Å². The highest BCUT2D eigenvalue weighted by Crippen LogP contribution is 2.28. The number of hydrogen-bond acceptors (Lipinski definition) is 4. The lowest BCUT2D eigenvalue weighted by atomic mass is 9.96. The summed E-state index contributed by atoms with van der Waals surface area (Å²) in [5.74, 6) is 1.42. The molecule has 2 aliphatic rings. The van der Waals surface area contributed by atoms with Gasteiger partial charge in [0.15, 0.2) is 0 Å². The van der Waals surface area contributed by atoms with Gasteiger partial charge in [-0.25, -0.2) is 0 Å². The molecule has 1 saturated heterocycles. The number of rotatable bonds is 8. The fourth-order valence-electron chi connectivity index (χ4n) is 3.45. The van der Waals surface area contributed by atoms with Crippen molar-refractivity contribution >= 4 is 17.3 Å². The average molecular weight is 345 g/mol. The standard InChI is InChI=1S/C20H31N3O2/c1-22(2)13-16-9-11-23(12-10-16)19-7-5-18(6-8-19)21-20(24)15-25-14-17-3-4-17/h5-8,16-17H,3-4,9-15H2,1-2H3,(H,21,24). The van der Waals surface area contributed by atoms with Crippen molar-refractivity contribution in [3.05, 3.63) is 24.3 Å². The van der Waals surface area contributed by atoms with E-state index in [0.29, 0.717) is 5.92 Å². The van der Waals surface area contributed by atoms with Crippen LogP contribution in [0.1, 0.15) is 25.7 Å². The first-order valence-corrected chi connectivity index (χ1v) is 9.47. The second-order valence-electron chi connectivity index (χ2n) is 7.75. The molecule has 1 aliphatic heterocycles. The van der Waals surface area contributed by atoms with Gasteiger partial charge in [0, 0.05) is 31.0 Å². The van der Waals surface area contributed by atoms with E-state index >= 15 is 0 Å². The molecule has 1 aromatic carbocycles. The second-order valence-corrected chi connectivity index (χ2v) is 7.75. The molecule has 2 fully saturated rings. The molecule has 1 amide bonds. The molecule has 3 rings (SSSR count). The molecule has 1 heterocycles. The lowest BCUT2D eigenvalue weighted by molar-refractivity contribution is -0.120. The summed E-state index contributed by atoms with van der Waals surface area (Å²) in [6.07, 6.45) is 4.98. The van der Waals surface area contributed by atoms with Crippen molar-refractivity contribution in [1.82, 2.24) is 4.90 Å². The van der Waals surface area contributed by atoms with Crippen LogP contribution < -0.4 is 10.2 Å². The van der Waals surface area contributed by atoms with E-state index in [-0.39, 0.29) is 12.5 Å². The van der Waals surface area contributed by atoms with Crippen molar-refractivity contribution in [1.29, 1.82) is 0 Å². The molecule has 5 nitrogen and oxygen atoms in total. The summed E-state index contributed by atoms with van der Waals surface area (Å²) in [5.41, 5.74) is 2.08. The molecule has 0 atom stereocenters. The quantitative estimate of drug-likeness (QED) is 0.787. The first-order valence-electron chi connectivity index (χ1n) is 9.47. The van der Waals surface area contributed by atoms with E-state index in [1.54, 1.807) is 0 Å². The molecule has 0 bridgehead atoms. The molecule has 1 aliphatic carbocycles. The Bertz CT molecular complexity index is 547. The molecule has 0 aromatic heterocycles. The topological polar surface area (TPSA) is 44.8 Å². The maximum absolute atomic E-state index is 11.9. The van der Waals surface area contributed by atoms with Gasteiger partial charge in [0.2, 0.25) is 5.91 Å². The van der Waals surface area contributed by atoms with E-state index in [1.807, 2.05) is 12.1 Å². The summed E-state index contributed by atoms with van der Waals surface area (Å²) in [5, 5.41) is 2.91. The minimum atomic E-state index is -0.0714. The monoisotopic (exact) mass is 345 g/mol. The highest BCUT2D eigenvalue weighted by molar-refractivity contribution is 5.91. The molecule has 138 valence electrons. The fraction of sp³-hybridized carbons (Fsp3) is 0.650. The van der Waals surface area contributed by atoms with Crippen LogP contribution in [0.4, 0.5) is 11.4 Å². The van der Waals surface area contributed by atoms with Gasteiger partial charge in [-0.1, -0.05) is 0 Å². The highest BCUT2D eigenvalue weighted by atomic mass is 16.5. The number of nitrogens with one attached hydrogen (secondary N) is 1. The number of hydrogen-bond donors (Lipinski definition) is 1. The molecule has 0 spiro atoms. The van der Waals surface area contributed by atoms with Crippen LogP contribution in [0.25, 0.3) is 0 Å². The van der Waals surface area contributed by atoms with E-state index in [0.717, 1.165) is 31.3 Å². The van der Waals surface area contributed by atoms with Crippen LogP contribution in [0.5, 0.6) is 0 Å². The summed E-state index contributed by atoms with van der Waals surface area (Å²) >= 11 is 0. The number of carbonyl (C=O) groups is 1. The normalized spacial score (nSPS) is 18.6. The number of carbonyl (C=O) groups excluding carboxylic acids is 1. The maximum Gasteiger partial charge on any atom is 0.250 e. The van der Waals surface area contributed by atoms with Gasteiger partial charge in [-0.3, -0.25) is 4.79 Å². The third-order valence-electron chi connectivity index (χ3n) is 5.04. The summed E-state index contributed by atoms with van der Waals surface area (Å²) in [6, 6.07) is 8.18. The summed E-state index contributed by atoms with van der Waals surface area (Å²) in [4.78, 5) is 16.6. The Morgan fingerprint density at radius 3 is 2.40 bits per heavy atom. The zero-order valence-corrected chi connectivity index (χ0v) is 15.5. The summed E-state index contributed by atoms with van der Waals surface area (Å²) in [7, 11) is 4.30. The van der Waals surface area contributed by atoms with Crippen LogP contribution in [0.3, 0.4) is 0 Å². The number of benzene rings is 1. The molecular formula is C20H31N3O2. The molecule has 1 aromatic rings. The van der Waals surface area contributed by atoms with Gasteiger partial charge in [-0.05, 0) is 75.9 Å². The molecular weight excluding hydrogens is 314 g/mol. The van der Waals surface area contributed by atoms with E-state index in [1.165, 1.54) is 37.9 Å². The van der Waals surface area contributed by atoms with Crippen LogP contribution in [0.15, 0.2) is 24.3 Å². The van der Waals surface area contributed by atoms with Gasteiger partial charge in [-0.2, -0.15) is 0 Å². The van der Waals surface area contributed by atoms with Crippen molar-refractivity contribution in [3.8, 4) is 0 Å². The van der Waals surface area contributed by atoms with E-state index in [2.05, 4.69) is 41.3 Å². The van der Waals surface area contributed by atoms with Gasteiger partial charge in [-0.15, -0.1) is 0 Å². The fourth-order valence-corrected chi connectivity index (χ4v) is 3.45. The van der Waals surface area contributed by atoms with E-state index < -0.39 is 0 Å². The third-order valence-corrected chi connectivity index (χ3v) is 5.04. The number of nitrogens with zero attached hydrogens (tertiary/aromatic N) is 2. The Morgan fingerprint density at radius 1 is 1.12 bits per heavy atom. The first kappa shape index (κ1) is 18.2. The van der Waals surface area contributed by atoms with E-state index in [9.17, 15) is 4.79 Å². The van der Waals surface area contributed by atoms with Crippen molar-refractivity contribution in [2.45, 2.75) is 25.7 Å². The number of anilines is 2. The minimum Gasteiger partial charge on any atom is -0.372 e.